The molecule has 0 amide bonds. The number of nitrogens with one attached hydrogen (secondary N) is 1. The minimum Gasteiger partial charge on any atom is -0.406 e. The molecule has 26 heavy (non-hydrogen) atoms. The van der Waals surface area contributed by atoms with Crippen LogP contribution in [0.3, 0.4) is 0 Å². The average molecular weight is 365 g/mol. The summed E-state index contributed by atoms with van der Waals surface area (Å²) in [5.41, 5.74) is 7.01. The van der Waals surface area contributed by atoms with E-state index >= 15 is 0 Å². The lowest BCUT2D eigenvalue weighted by atomic mass is 10.1. The Labute approximate surface area is 144 Å². The van der Waals surface area contributed by atoms with Gasteiger partial charge in [-0.15, -0.1) is 18.3 Å². The zero-order valence-electron chi connectivity index (χ0n) is 13.0. The number of halogens is 4. The molecule has 0 aliphatic heterocycles. The van der Waals surface area contributed by atoms with Crippen molar-refractivity contribution in [3.8, 4) is 17.0 Å². The standard InChI is InChI=1S/C16H11F4N5O/c17-10-2-1-3-11(8-10)22-24-14-13(23-25-15(14)21)9-4-6-12(7-5-9)26-16(18,19)20/h1-8H,(H3,21,23,25). The van der Waals surface area contributed by atoms with Gasteiger partial charge in [0.25, 0.3) is 0 Å². The van der Waals surface area contributed by atoms with Crippen molar-refractivity contribution in [2.75, 3.05) is 5.73 Å². The number of H-pyrrole nitrogens is 1. The molecule has 2 aromatic carbocycles. The number of ether oxygens (including phenoxy) is 1. The maximum absolute atomic E-state index is 13.2. The third-order valence-electron chi connectivity index (χ3n) is 3.22. The van der Waals surface area contributed by atoms with Crippen molar-refractivity contribution < 1.29 is 22.3 Å². The molecule has 0 aliphatic rings. The van der Waals surface area contributed by atoms with Crippen LogP contribution in [-0.4, -0.2) is 16.6 Å². The second kappa shape index (κ2) is 6.82. The molecule has 0 saturated carbocycles. The van der Waals surface area contributed by atoms with E-state index in [0.29, 0.717) is 11.3 Å². The van der Waals surface area contributed by atoms with Crippen LogP contribution in [0.2, 0.25) is 0 Å². The van der Waals surface area contributed by atoms with E-state index in [1.807, 2.05) is 0 Å². The van der Waals surface area contributed by atoms with Crippen molar-refractivity contribution in [1.29, 1.82) is 0 Å². The highest BCUT2D eigenvalue weighted by atomic mass is 19.4. The lowest BCUT2D eigenvalue weighted by Crippen LogP contribution is -2.16. The van der Waals surface area contributed by atoms with E-state index in [4.69, 9.17) is 5.73 Å². The van der Waals surface area contributed by atoms with Crippen molar-refractivity contribution in [2.45, 2.75) is 6.36 Å². The molecule has 6 nitrogen and oxygen atoms in total. The van der Waals surface area contributed by atoms with E-state index in [1.54, 1.807) is 6.07 Å². The number of rotatable bonds is 4. The molecule has 3 aromatic rings. The molecule has 0 saturated heterocycles. The smallest absolute Gasteiger partial charge is 0.406 e. The first kappa shape index (κ1) is 17.4. The number of hydrogen-bond donors (Lipinski definition) is 2. The molecule has 1 aromatic heterocycles. The van der Waals surface area contributed by atoms with Crippen LogP contribution in [-0.2, 0) is 0 Å². The number of alkyl halides is 3. The molecule has 0 atom stereocenters. The SMILES string of the molecule is Nc1n[nH]c(-c2ccc(OC(F)(F)F)cc2)c1N=Nc1cccc(F)c1. The topological polar surface area (TPSA) is 88.6 Å². The molecule has 0 aliphatic carbocycles. The number of aromatic amines is 1. The molecule has 3 N–H and O–H groups in total. The Morgan fingerprint density at radius 2 is 1.77 bits per heavy atom. The molecule has 0 fully saturated rings. The van der Waals surface area contributed by atoms with Crippen LogP contribution in [0.1, 0.15) is 0 Å². The molecular formula is C16H11F4N5O. The van der Waals surface area contributed by atoms with Gasteiger partial charge in [0, 0.05) is 11.6 Å². The number of benzene rings is 2. The van der Waals surface area contributed by atoms with E-state index in [-0.39, 0.29) is 22.9 Å². The largest absolute Gasteiger partial charge is 0.573 e. The number of nitrogens with two attached hydrogens (primary N) is 1. The van der Waals surface area contributed by atoms with E-state index in [9.17, 15) is 17.6 Å². The number of nitrogen functional groups attached to an aromatic ring is 1. The van der Waals surface area contributed by atoms with Gasteiger partial charge >= 0.3 is 6.36 Å². The number of hydrogen-bond acceptors (Lipinski definition) is 5. The van der Waals surface area contributed by atoms with Gasteiger partial charge in [0.05, 0.1) is 11.4 Å². The van der Waals surface area contributed by atoms with Gasteiger partial charge in [0.1, 0.15) is 11.6 Å². The van der Waals surface area contributed by atoms with E-state index < -0.39 is 12.2 Å². The lowest BCUT2D eigenvalue weighted by Gasteiger charge is -2.09. The Kier molecular flexibility index (Phi) is 4.57. The molecule has 3 rings (SSSR count). The second-order valence-corrected chi connectivity index (χ2v) is 5.08. The van der Waals surface area contributed by atoms with Crippen molar-refractivity contribution >= 4 is 17.2 Å². The predicted octanol–water partition coefficient (Wildman–Crippen LogP) is 5.11. The minimum atomic E-state index is -4.77. The third-order valence-corrected chi connectivity index (χ3v) is 3.22. The Balaban J connectivity index is 1.88. The molecule has 0 bridgehead atoms. The number of nitrogens with zero attached hydrogens (tertiary/aromatic N) is 3. The first-order chi connectivity index (χ1) is 12.3. The van der Waals surface area contributed by atoms with Gasteiger partial charge < -0.3 is 10.5 Å². The van der Waals surface area contributed by atoms with Gasteiger partial charge in [0.2, 0.25) is 0 Å². The molecule has 10 heteroatoms. The summed E-state index contributed by atoms with van der Waals surface area (Å²) in [6, 6.07) is 10.5. The maximum atomic E-state index is 13.2. The van der Waals surface area contributed by atoms with Gasteiger partial charge in [-0.05, 0) is 36.4 Å². The highest BCUT2D eigenvalue weighted by molar-refractivity contribution is 5.79. The maximum Gasteiger partial charge on any atom is 0.573 e. The normalized spacial score (nSPS) is 11.8. The van der Waals surface area contributed by atoms with Gasteiger partial charge in [-0.2, -0.15) is 10.2 Å². The summed E-state index contributed by atoms with van der Waals surface area (Å²) in [6.07, 6.45) is -4.77. The summed E-state index contributed by atoms with van der Waals surface area (Å²) in [7, 11) is 0. The van der Waals surface area contributed by atoms with Crippen LogP contribution in [0.15, 0.2) is 58.8 Å². The number of anilines is 1. The van der Waals surface area contributed by atoms with Crippen molar-refractivity contribution in [3.63, 3.8) is 0 Å². The van der Waals surface area contributed by atoms with E-state index in [1.165, 1.54) is 30.3 Å². The first-order valence-electron chi connectivity index (χ1n) is 7.19. The average Bonchev–Trinajstić information content (AvgIpc) is 2.93. The van der Waals surface area contributed by atoms with Crippen LogP contribution in [0.5, 0.6) is 5.75 Å². The second-order valence-electron chi connectivity index (χ2n) is 5.08. The zero-order chi connectivity index (χ0) is 18.7. The Morgan fingerprint density at radius 3 is 2.42 bits per heavy atom. The van der Waals surface area contributed by atoms with Gasteiger partial charge in [0.15, 0.2) is 11.5 Å². The van der Waals surface area contributed by atoms with Crippen LogP contribution < -0.4 is 10.5 Å². The van der Waals surface area contributed by atoms with E-state index in [2.05, 4.69) is 25.2 Å². The highest BCUT2D eigenvalue weighted by Gasteiger charge is 2.31. The summed E-state index contributed by atoms with van der Waals surface area (Å²) in [6.45, 7) is 0. The first-order valence-corrected chi connectivity index (χ1v) is 7.19. The predicted molar refractivity (Wildman–Crippen MR) is 85.7 cm³/mol. The van der Waals surface area contributed by atoms with Crippen LogP contribution in [0.25, 0.3) is 11.3 Å². The fraction of sp³-hybridized carbons (Fsp3) is 0.0625. The Morgan fingerprint density at radius 1 is 1.04 bits per heavy atom. The molecule has 0 radical (unpaired) electrons. The fourth-order valence-electron chi connectivity index (χ4n) is 2.12. The summed E-state index contributed by atoms with van der Waals surface area (Å²) >= 11 is 0. The summed E-state index contributed by atoms with van der Waals surface area (Å²) in [5.74, 6) is -0.797. The minimum absolute atomic E-state index is 0.0378. The third kappa shape index (κ3) is 4.15. The van der Waals surface area contributed by atoms with Crippen LogP contribution in [0, 0.1) is 5.82 Å². The molecule has 0 unspecified atom stereocenters. The number of azo groups is 1. The highest BCUT2D eigenvalue weighted by Crippen LogP contribution is 2.35. The molecule has 1 heterocycles. The van der Waals surface area contributed by atoms with Gasteiger partial charge in [-0.1, -0.05) is 6.07 Å². The van der Waals surface area contributed by atoms with Crippen LogP contribution >= 0.6 is 0 Å². The quantitative estimate of drug-likeness (QED) is 0.497. The van der Waals surface area contributed by atoms with Gasteiger partial charge in [-0.3, -0.25) is 5.10 Å². The lowest BCUT2D eigenvalue weighted by molar-refractivity contribution is -0.274. The molecule has 0 spiro atoms. The van der Waals surface area contributed by atoms with E-state index in [0.717, 1.165) is 12.1 Å². The van der Waals surface area contributed by atoms with Crippen molar-refractivity contribution in [2.24, 2.45) is 10.2 Å². The fourth-order valence-corrected chi connectivity index (χ4v) is 2.12. The Hall–Kier alpha value is -3.43. The molecule has 134 valence electrons. The number of aromatic nitrogens is 2. The summed E-state index contributed by atoms with van der Waals surface area (Å²) < 4.78 is 53.6. The van der Waals surface area contributed by atoms with Crippen molar-refractivity contribution in [3.05, 3.63) is 54.3 Å². The van der Waals surface area contributed by atoms with Gasteiger partial charge in [-0.25, -0.2) is 4.39 Å². The monoisotopic (exact) mass is 365 g/mol. The van der Waals surface area contributed by atoms with Crippen molar-refractivity contribution in [1.82, 2.24) is 10.2 Å². The van der Waals surface area contributed by atoms with Crippen LogP contribution in [0.4, 0.5) is 34.8 Å². The Bertz CT molecular complexity index is 935. The summed E-state index contributed by atoms with van der Waals surface area (Å²) in [5, 5.41) is 14.3. The zero-order valence-corrected chi connectivity index (χ0v) is 13.0. The summed E-state index contributed by atoms with van der Waals surface area (Å²) in [4.78, 5) is 0. The molecular weight excluding hydrogens is 354 g/mol.